The number of ether oxygens (including phenoxy) is 2. The van der Waals surface area contributed by atoms with Crippen molar-refractivity contribution < 1.29 is 9.47 Å². The van der Waals surface area contributed by atoms with Gasteiger partial charge in [0, 0.05) is 0 Å². The fourth-order valence-electron chi connectivity index (χ4n) is 1.32. The van der Waals surface area contributed by atoms with E-state index in [1.54, 1.807) is 0 Å². The molecule has 2 bridgehead atoms. The Morgan fingerprint density at radius 1 is 1.25 bits per heavy atom. The van der Waals surface area contributed by atoms with Crippen molar-refractivity contribution in [3.8, 4) is 0 Å². The van der Waals surface area contributed by atoms with E-state index in [-0.39, 0.29) is 6.29 Å². The summed E-state index contributed by atoms with van der Waals surface area (Å²) in [4.78, 5) is 0. The lowest BCUT2D eigenvalue weighted by Gasteiger charge is -2.16. The van der Waals surface area contributed by atoms with Crippen molar-refractivity contribution >= 4 is 0 Å². The minimum Gasteiger partial charge on any atom is -0.350 e. The van der Waals surface area contributed by atoms with E-state index in [4.69, 9.17) is 9.47 Å². The van der Waals surface area contributed by atoms with Gasteiger partial charge in [-0.1, -0.05) is 0 Å². The zero-order valence-corrected chi connectivity index (χ0v) is 4.80. The number of hydrogen-bond acceptors (Lipinski definition) is 2. The molecule has 0 amide bonds. The molecule has 2 heterocycles. The molecule has 0 aromatic carbocycles. The van der Waals surface area contributed by atoms with Crippen LogP contribution in [-0.4, -0.2) is 19.0 Å². The molecule has 0 spiro atoms. The molecule has 2 saturated heterocycles. The second kappa shape index (κ2) is 1.71. The predicted octanol–water partition coefficient (Wildman–Crippen LogP) is 0.912. The first kappa shape index (κ1) is 4.77. The lowest BCUT2D eigenvalue weighted by atomic mass is 10.1. The molecule has 2 heteroatoms. The smallest absolute Gasteiger partial charge is 0.158 e. The molecule has 0 aliphatic carbocycles. The molecule has 2 aliphatic rings. The van der Waals surface area contributed by atoms with E-state index in [2.05, 4.69) is 0 Å². The van der Waals surface area contributed by atoms with E-state index < -0.39 is 0 Å². The van der Waals surface area contributed by atoms with Crippen LogP contribution in [0, 0.1) is 0 Å². The van der Waals surface area contributed by atoms with Crippen LogP contribution < -0.4 is 0 Å². The van der Waals surface area contributed by atoms with Gasteiger partial charge in [-0.2, -0.15) is 0 Å². The van der Waals surface area contributed by atoms with Crippen LogP contribution in [0.3, 0.4) is 0 Å². The highest BCUT2D eigenvalue weighted by Crippen LogP contribution is 2.25. The van der Waals surface area contributed by atoms with Crippen LogP contribution in [0.15, 0.2) is 0 Å². The Hall–Kier alpha value is -0.0800. The third-order valence-electron chi connectivity index (χ3n) is 1.78. The van der Waals surface area contributed by atoms with Crippen molar-refractivity contribution in [1.82, 2.24) is 0 Å². The van der Waals surface area contributed by atoms with Crippen LogP contribution in [0.25, 0.3) is 0 Å². The van der Waals surface area contributed by atoms with Gasteiger partial charge in [-0.05, 0) is 19.3 Å². The highest BCUT2D eigenvalue weighted by atomic mass is 16.7. The summed E-state index contributed by atoms with van der Waals surface area (Å²) in [5, 5.41) is 0. The van der Waals surface area contributed by atoms with Crippen molar-refractivity contribution in [2.75, 3.05) is 6.61 Å². The van der Waals surface area contributed by atoms with Gasteiger partial charge < -0.3 is 9.47 Å². The van der Waals surface area contributed by atoms with E-state index in [9.17, 15) is 0 Å². The lowest BCUT2D eigenvalue weighted by Crippen LogP contribution is -2.17. The highest BCUT2D eigenvalue weighted by Gasteiger charge is 2.29. The first-order valence-corrected chi connectivity index (χ1v) is 3.22. The highest BCUT2D eigenvalue weighted by molar-refractivity contribution is 4.71. The molecule has 0 aromatic heterocycles. The third-order valence-corrected chi connectivity index (χ3v) is 1.78. The minimum atomic E-state index is 0.161. The van der Waals surface area contributed by atoms with Gasteiger partial charge in [0.05, 0.1) is 12.7 Å². The maximum Gasteiger partial charge on any atom is 0.158 e. The largest absolute Gasteiger partial charge is 0.350 e. The maximum atomic E-state index is 5.38. The van der Waals surface area contributed by atoms with Gasteiger partial charge in [-0.3, -0.25) is 0 Å². The van der Waals surface area contributed by atoms with Crippen LogP contribution in [0.1, 0.15) is 19.3 Å². The Morgan fingerprint density at radius 3 is 3.00 bits per heavy atom. The van der Waals surface area contributed by atoms with Gasteiger partial charge in [0.25, 0.3) is 0 Å². The van der Waals surface area contributed by atoms with E-state index >= 15 is 0 Å². The van der Waals surface area contributed by atoms with Crippen molar-refractivity contribution in [2.24, 2.45) is 0 Å². The predicted molar refractivity (Wildman–Crippen MR) is 28.5 cm³/mol. The first-order valence-electron chi connectivity index (χ1n) is 3.22. The van der Waals surface area contributed by atoms with E-state index in [1.807, 2.05) is 0 Å². The van der Waals surface area contributed by atoms with Crippen molar-refractivity contribution in [2.45, 2.75) is 31.7 Å². The van der Waals surface area contributed by atoms with Crippen LogP contribution >= 0.6 is 0 Å². The second-order valence-electron chi connectivity index (χ2n) is 2.45. The fraction of sp³-hybridized carbons (Fsp3) is 1.00. The van der Waals surface area contributed by atoms with E-state index in [0.717, 1.165) is 13.0 Å². The Kier molecular flexibility index (Phi) is 1.02. The van der Waals surface area contributed by atoms with Crippen molar-refractivity contribution in [3.63, 3.8) is 0 Å². The normalized spacial score (nSPS) is 45.0. The molecular formula is C6H10O2. The monoisotopic (exact) mass is 114 g/mol. The Bertz CT molecular complexity index is 78.5. The standard InChI is InChI=1S/C6H10O2/c1-2-5-4-7-6(3-1)8-5/h5-6H,1-4H2/t5?,6-/m1/s1. The van der Waals surface area contributed by atoms with Crippen molar-refractivity contribution in [3.05, 3.63) is 0 Å². The third kappa shape index (κ3) is 0.644. The molecular weight excluding hydrogens is 104 g/mol. The van der Waals surface area contributed by atoms with Gasteiger partial charge in [0.1, 0.15) is 0 Å². The molecule has 2 rings (SSSR count). The van der Waals surface area contributed by atoms with Crippen LogP contribution in [0.2, 0.25) is 0 Å². The molecule has 0 aromatic rings. The molecule has 2 aliphatic heterocycles. The summed E-state index contributed by atoms with van der Waals surface area (Å²) in [6, 6.07) is 0. The summed E-state index contributed by atoms with van der Waals surface area (Å²) in [5.41, 5.74) is 0. The lowest BCUT2D eigenvalue weighted by molar-refractivity contribution is -0.0815. The Balaban J connectivity index is 2.03. The quantitative estimate of drug-likeness (QED) is 0.466. The van der Waals surface area contributed by atoms with Gasteiger partial charge in [-0.25, -0.2) is 0 Å². The number of fused-ring (bicyclic) bond motifs is 2. The summed E-state index contributed by atoms with van der Waals surface area (Å²) >= 11 is 0. The first-order chi connectivity index (χ1) is 3.95. The van der Waals surface area contributed by atoms with E-state index in [0.29, 0.717) is 6.10 Å². The number of hydrogen-bond donors (Lipinski definition) is 0. The van der Waals surface area contributed by atoms with Crippen LogP contribution in [0.5, 0.6) is 0 Å². The molecule has 0 saturated carbocycles. The summed E-state index contributed by atoms with van der Waals surface area (Å²) in [5.74, 6) is 0. The SMILES string of the molecule is C1CC2CO[C@@H](C1)O2. The van der Waals surface area contributed by atoms with Crippen LogP contribution in [0.4, 0.5) is 0 Å². The Morgan fingerprint density at radius 2 is 2.25 bits per heavy atom. The molecule has 0 radical (unpaired) electrons. The van der Waals surface area contributed by atoms with Crippen molar-refractivity contribution in [1.29, 1.82) is 0 Å². The average molecular weight is 114 g/mol. The fourth-order valence-corrected chi connectivity index (χ4v) is 1.32. The molecule has 2 fully saturated rings. The summed E-state index contributed by atoms with van der Waals surface area (Å²) in [6.07, 6.45) is 4.20. The zero-order chi connectivity index (χ0) is 5.40. The van der Waals surface area contributed by atoms with E-state index in [1.165, 1.54) is 12.8 Å². The summed E-state index contributed by atoms with van der Waals surface area (Å²) in [7, 11) is 0. The Labute approximate surface area is 48.8 Å². The topological polar surface area (TPSA) is 18.5 Å². The summed E-state index contributed by atoms with van der Waals surface area (Å²) < 4.78 is 10.6. The van der Waals surface area contributed by atoms with Gasteiger partial charge in [-0.15, -0.1) is 0 Å². The minimum absolute atomic E-state index is 0.161. The molecule has 8 heavy (non-hydrogen) atoms. The van der Waals surface area contributed by atoms with Gasteiger partial charge >= 0.3 is 0 Å². The second-order valence-corrected chi connectivity index (χ2v) is 2.45. The molecule has 0 N–H and O–H groups in total. The zero-order valence-electron chi connectivity index (χ0n) is 4.80. The molecule has 46 valence electrons. The summed E-state index contributed by atoms with van der Waals surface area (Å²) in [6.45, 7) is 0.838. The average Bonchev–Trinajstić information content (AvgIpc) is 2.12. The van der Waals surface area contributed by atoms with Gasteiger partial charge in [0.2, 0.25) is 0 Å². The molecule has 1 unspecified atom stereocenters. The van der Waals surface area contributed by atoms with Crippen LogP contribution in [-0.2, 0) is 9.47 Å². The number of rotatable bonds is 0. The maximum absolute atomic E-state index is 5.38. The molecule has 2 atom stereocenters. The molecule has 2 nitrogen and oxygen atoms in total. The van der Waals surface area contributed by atoms with Gasteiger partial charge in [0.15, 0.2) is 6.29 Å².